The predicted molar refractivity (Wildman–Crippen MR) is 99.0 cm³/mol. The smallest absolute Gasteiger partial charge is 0.247 e. The summed E-state index contributed by atoms with van der Waals surface area (Å²) in [6.45, 7) is 8.81. The van der Waals surface area contributed by atoms with Crippen LogP contribution in [-0.4, -0.2) is 30.7 Å². The lowest BCUT2D eigenvalue weighted by Gasteiger charge is -2.33. The van der Waals surface area contributed by atoms with E-state index in [1.54, 1.807) is 0 Å². The number of nitrogens with zero attached hydrogens (tertiary/aromatic N) is 1. The zero-order valence-corrected chi connectivity index (χ0v) is 15.1. The number of hydrogen-bond acceptors (Lipinski definition) is 3. The van der Waals surface area contributed by atoms with Gasteiger partial charge in [0.2, 0.25) is 5.91 Å². The summed E-state index contributed by atoms with van der Waals surface area (Å²) in [4.78, 5) is 14.5. The maximum Gasteiger partial charge on any atom is 0.247 e. The molecule has 0 spiro atoms. The molecule has 0 aromatic heterocycles. The zero-order chi connectivity index (χ0) is 17.5. The maximum atomic E-state index is 12.1. The Kier molecular flexibility index (Phi) is 6.85. The van der Waals surface area contributed by atoms with E-state index in [0.29, 0.717) is 19.1 Å². The third-order valence-corrected chi connectivity index (χ3v) is 5.14. The lowest BCUT2D eigenvalue weighted by molar-refractivity contribution is -0.117. The van der Waals surface area contributed by atoms with Gasteiger partial charge in [0.05, 0.1) is 0 Å². The molecule has 4 nitrogen and oxygen atoms in total. The first-order chi connectivity index (χ1) is 11.5. The number of benzene rings is 1. The molecule has 2 N–H and O–H groups in total. The molecule has 1 fully saturated rings. The first-order valence-corrected chi connectivity index (χ1v) is 8.94. The molecule has 24 heavy (non-hydrogen) atoms. The molecule has 1 amide bonds. The van der Waals surface area contributed by atoms with Gasteiger partial charge in [-0.15, -0.1) is 0 Å². The summed E-state index contributed by atoms with van der Waals surface area (Å²) in [7, 11) is 0. The lowest BCUT2D eigenvalue weighted by atomic mass is 9.97. The molecule has 0 atom stereocenters. The van der Waals surface area contributed by atoms with Crippen molar-refractivity contribution < 1.29 is 9.90 Å². The molecule has 1 aliphatic heterocycles. The van der Waals surface area contributed by atoms with E-state index in [-0.39, 0.29) is 5.91 Å². The molecule has 1 aromatic rings. The van der Waals surface area contributed by atoms with Gasteiger partial charge in [0.15, 0.2) is 0 Å². The van der Waals surface area contributed by atoms with Gasteiger partial charge in [-0.05, 0) is 56.7 Å². The first kappa shape index (κ1) is 18.5. The van der Waals surface area contributed by atoms with Crippen molar-refractivity contribution in [1.82, 2.24) is 5.32 Å². The Bertz CT molecular complexity index is 570. The second-order valence-electron chi connectivity index (χ2n) is 6.72. The SMILES string of the molecule is CC/C(C)=C(/C)C(=O)NCc1ccc(N2CCC(CO)CC2)cc1. The Balaban J connectivity index is 1.87. The van der Waals surface area contributed by atoms with Crippen LogP contribution in [0, 0.1) is 5.92 Å². The van der Waals surface area contributed by atoms with Crippen molar-refractivity contribution in [3.63, 3.8) is 0 Å². The van der Waals surface area contributed by atoms with Gasteiger partial charge in [-0.3, -0.25) is 4.79 Å². The van der Waals surface area contributed by atoms with Gasteiger partial charge in [-0.1, -0.05) is 24.6 Å². The minimum absolute atomic E-state index is 0.0181. The van der Waals surface area contributed by atoms with Crippen LogP contribution in [0.5, 0.6) is 0 Å². The summed E-state index contributed by atoms with van der Waals surface area (Å²) in [5.41, 5.74) is 4.29. The third kappa shape index (κ3) is 4.84. The van der Waals surface area contributed by atoms with E-state index in [4.69, 9.17) is 0 Å². The number of anilines is 1. The van der Waals surface area contributed by atoms with Crippen LogP contribution in [0.25, 0.3) is 0 Å². The highest BCUT2D eigenvalue weighted by atomic mass is 16.3. The van der Waals surface area contributed by atoms with Gasteiger partial charge >= 0.3 is 0 Å². The molecule has 1 aromatic carbocycles. The van der Waals surface area contributed by atoms with E-state index in [1.165, 1.54) is 5.69 Å². The van der Waals surface area contributed by atoms with E-state index in [2.05, 4.69) is 41.4 Å². The van der Waals surface area contributed by atoms with Crippen molar-refractivity contribution in [2.45, 2.75) is 46.6 Å². The summed E-state index contributed by atoms with van der Waals surface area (Å²) in [5, 5.41) is 12.2. The van der Waals surface area contributed by atoms with Crippen molar-refractivity contribution in [2.75, 3.05) is 24.6 Å². The van der Waals surface area contributed by atoms with Gasteiger partial charge < -0.3 is 15.3 Å². The molecular formula is C20H30N2O2. The number of amides is 1. The van der Waals surface area contributed by atoms with Crippen LogP contribution in [0.4, 0.5) is 5.69 Å². The van der Waals surface area contributed by atoms with Crippen LogP contribution < -0.4 is 10.2 Å². The number of piperidine rings is 1. The lowest BCUT2D eigenvalue weighted by Crippen LogP contribution is -2.34. The van der Waals surface area contributed by atoms with Crippen molar-refractivity contribution in [3.8, 4) is 0 Å². The first-order valence-electron chi connectivity index (χ1n) is 8.94. The van der Waals surface area contributed by atoms with Gasteiger partial charge in [0.1, 0.15) is 0 Å². The van der Waals surface area contributed by atoms with Crippen molar-refractivity contribution in [1.29, 1.82) is 0 Å². The predicted octanol–water partition coefficient (Wildman–Crippen LogP) is 3.26. The maximum absolute atomic E-state index is 12.1. The highest BCUT2D eigenvalue weighted by Crippen LogP contribution is 2.23. The largest absolute Gasteiger partial charge is 0.396 e. The highest BCUT2D eigenvalue weighted by molar-refractivity contribution is 5.93. The Morgan fingerprint density at radius 1 is 1.21 bits per heavy atom. The molecule has 0 bridgehead atoms. The fraction of sp³-hybridized carbons (Fsp3) is 0.550. The molecule has 132 valence electrons. The quantitative estimate of drug-likeness (QED) is 0.787. The van der Waals surface area contributed by atoms with Crippen LogP contribution >= 0.6 is 0 Å². The number of hydrogen-bond donors (Lipinski definition) is 2. The van der Waals surface area contributed by atoms with Crippen LogP contribution in [0.3, 0.4) is 0 Å². The average molecular weight is 330 g/mol. The summed E-state index contributed by atoms with van der Waals surface area (Å²) >= 11 is 0. The average Bonchev–Trinajstić information content (AvgIpc) is 2.65. The number of allylic oxidation sites excluding steroid dienone is 1. The fourth-order valence-corrected chi connectivity index (χ4v) is 2.97. The third-order valence-electron chi connectivity index (χ3n) is 5.14. The summed E-state index contributed by atoms with van der Waals surface area (Å²) in [6, 6.07) is 8.42. The van der Waals surface area contributed by atoms with Gasteiger partial charge in [-0.2, -0.15) is 0 Å². The van der Waals surface area contributed by atoms with Crippen LogP contribution in [0.15, 0.2) is 35.4 Å². The van der Waals surface area contributed by atoms with Crippen molar-refractivity contribution >= 4 is 11.6 Å². The van der Waals surface area contributed by atoms with Crippen molar-refractivity contribution in [3.05, 3.63) is 41.0 Å². The van der Waals surface area contributed by atoms with Crippen LogP contribution in [-0.2, 0) is 11.3 Å². The number of aliphatic hydroxyl groups is 1. The molecule has 2 rings (SSSR count). The second kappa shape index (κ2) is 8.88. The summed E-state index contributed by atoms with van der Waals surface area (Å²) in [6.07, 6.45) is 3.01. The topological polar surface area (TPSA) is 52.6 Å². The molecule has 4 heteroatoms. The van der Waals surface area contributed by atoms with Gasteiger partial charge in [0.25, 0.3) is 0 Å². The van der Waals surface area contributed by atoms with Crippen LogP contribution in [0.1, 0.15) is 45.6 Å². The van der Waals surface area contributed by atoms with E-state index in [9.17, 15) is 9.90 Å². The summed E-state index contributed by atoms with van der Waals surface area (Å²) in [5.74, 6) is 0.475. The minimum Gasteiger partial charge on any atom is -0.396 e. The molecular weight excluding hydrogens is 300 g/mol. The highest BCUT2D eigenvalue weighted by Gasteiger charge is 2.18. The molecule has 1 aliphatic rings. The number of rotatable bonds is 6. The number of aliphatic hydroxyl groups excluding tert-OH is 1. The Morgan fingerprint density at radius 3 is 2.38 bits per heavy atom. The molecule has 0 radical (unpaired) electrons. The second-order valence-corrected chi connectivity index (χ2v) is 6.72. The van der Waals surface area contributed by atoms with E-state index >= 15 is 0 Å². The van der Waals surface area contributed by atoms with E-state index in [0.717, 1.165) is 49.1 Å². The normalized spacial score (nSPS) is 16.8. The number of carbonyl (C=O) groups is 1. The molecule has 1 saturated heterocycles. The molecule has 0 aliphatic carbocycles. The fourth-order valence-electron chi connectivity index (χ4n) is 2.97. The number of nitrogens with one attached hydrogen (secondary N) is 1. The Morgan fingerprint density at radius 2 is 1.83 bits per heavy atom. The Labute approximate surface area is 145 Å². The van der Waals surface area contributed by atoms with Gasteiger partial charge in [-0.25, -0.2) is 0 Å². The van der Waals surface area contributed by atoms with E-state index in [1.807, 2.05) is 13.8 Å². The van der Waals surface area contributed by atoms with Gasteiger partial charge in [0, 0.05) is 37.5 Å². The molecule has 1 heterocycles. The van der Waals surface area contributed by atoms with E-state index < -0.39 is 0 Å². The zero-order valence-electron chi connectivity index (χ0n) is 15.1. The monoisotopic (exact) mass is 330 g/mol. The van der Waals surface area contributed by atoms with Crippen LogP contribution in [0.2, 0.25) is 0 Å². The minimum atomic E-state index is 0.0181. The Hall–Kier alpha value is -1.81. The standard InChI is InChI=1S/C20H30N2O2/c1-4-15(2)16(3)20(24)21-13-17-5-7-19(8-6-17)22-11-9-18(14-23)10-12-22/h5-8,18,23H,4,9-14H2,1-3H3,(H,21,24)/b16-15-. The molecule has 0 unspecified atom stereocenters. The number of carbonyl (C=O) groups excluding carboxylic acids is 1. The van der Waals surface area contributed by atoms with Crippen molar-refractivity contribution in [2.24, 2.45) is 5.92 Å². The molecule has 0 saturated carbocycles. The summed E-state index contributed by atoms with van der Waals surface area (Å²) < 4.78 is 0.